The van der Waals surface area contributed by atoms with E-state index in [1.54, 1.807) is 19.9 Å². The lowest BCUT2D eigenvalue weighted by atomic mass is 9.80. The molecule has 1 unspecified atom stereocenters. The molecule has 0 radical (unpaired) electrons. The molecule has 0 saturated carbocycles. The van der Waals surface area contributed by atoms with Crippen molar-refractivity contribution in [3.05, 3.63) is 120 Å². The Morgan fingerprint density at radius 2 is 1.39 bits per heavy atom. The second kappa shape index (κ2) is 10.9. The minimum absolute atomic E-state index is 0.120. The van der Waals surface area contributed by atoms with Gasteiger partial charge >= 0.3 is 0 Å². The van der Waals surface area contributed by atoms with Gasteiger partial charge in [-0.1, -0.05) is 97.1 Å². The summed E-state index contributed by atoms with van der Waals surface area (Å²) >= 11 is 0. The number of benzene rings is 3. The standard InChI is InChI=1S/C32H34O6/c1-5-22(2)35-30-27(33)29-28(37-31(3,4)38-29)26(36-30)21-34-32(23-15-9-6-10-16-23,24-17-11-7-12-18-24)25-19-13-8-14-20-25/h5-20,22,26,28-30H,1,21H2,2-4H3/t22?,26-,28+,29-,30-/m1/s1. The van der Waals surface area contributed by atoms with Gasteiger partial charge in [-0.3, -0.25) is 4.79 Å². The molecule has 2 fully saturated rings. The van der Waals surface area contributed by atoms with Crippen molar-refractivity contribution in [2.24, 2.45) is 0 Å². The lowest BCUT2D eigenvalue weighted by molar-refractivity contribution is -0.239. The van der Waals surface area contributed by atoms with E-state index in [0.717, 1.165) is 16.7 Å². The molecule has 2 aliphatic rings. The van der Waals surface area contributed by atoms with Gasteiger partial charge in [-0.2, -0.15) is 0 Å². The highest BCUT2D eigenvalue weighted by molar-refractivity contribution is 5.88. The van der Waals surface area contributed by atoms with Crippen molar-refractivity contribution >= 4 is 5.78 Å². The lowest BCUT2D eigenvalue weighted by Crippen LogP contribution is -2.56. The normalized spacial score (nSPS) is 25.5. The molecule has 0 bridgehead atoms. The van der Waals surface area contributed by atoms with Crippen molar-refractivity contribution in [1.29, 1.82) is 0 Å². The van der Waals surface area contributed by atoms with E-state index in [1.807, 2.05) is 61.5 Å². The maximum absolute atomic E-state index is 13.2. The molecule has 6 nitrogen and oxygen atoms in total. The Hall–Kier alpha value is -3.13. The van der Waals surface area contributed by atoms with Gasteiger partial charge in [0.2, 0.25) is 12.1 Å². The van der Waals surface area contributed by atoms with Crippen LogP contribution in [0.25, 0.3) is 0 Å². The summed E-state index contributed by atoms with van der Waals surface area (Å²) in [5.74, 6) is -1.24. The number of rotatable bonds is 9. The van der Waals surface area contributed by atoms with Gasteiger partial charge in [0, 0.05) is 0 Å². The first kappa shape index (κ1) is 26.5. The van der Waals surface area contributed by atoms with Crippen molar-refractivity contribution in [2.75, 3.05) is 6.61 Å². The molecule has 0 aliphatic carbocycles. The molecule has 0 amide bonds. The molecule has 3 aromatic rings. The summed E-state index contributed by atoms with van der Waals surface area (Å²) in [5.41, 5.74) is 1.97. The number of Topliss-reactive ketones (excluding diaryl/α,β-unsaturated/α-hetero) is 1. The van der Waals surface area contributed by atoms with Crippen LogP contribution in [0.5, 0.6) is 0 Å². The molecule has 38 heavy (non-hydrogen) atoms. The van der Waals surface area contributed by atoms with Gasteiger partial charge in [-0.15, -0.1) is 6.58 Å². The van der Waals surface area contributed by atoms with Crippen LogP contribution in [-0.4, -0.2) is 48.9 Å². The van der Waals surface area contributed by atoms with E-state index < -0.39 is 36.0 Å². The minimum atomic E-state index is -1.12. The molecule has 0 N–H and O–H groups in total. The highest BCUT2D eigenvalue weighted by atomic mass is 16.8. The average Bonchev–Trinajstić information content (AvgIpc) is 3.28. The Labute approximate surface area is 224 Å². The highest BCUT2D eigenvalue weighted by Gasteiger charge is 2.56. The Morgan fingerprint density at radius 1 is 0.895 bits per heavy atom. The number of ether oxygens (including phenoxy) is 5. The fourth-order valence-corrected chi connectivity index (χ4v) is 5.18. The first-order valence-corrected chi connectivity index (χ1v) is 13.0. The van der Waals surface area contributed by atoms with Crippen molar-refractivity contribution in [3.8, 4) is 0 Å². The molecule has 2 heterocycles. The quantitative estimate of drug-likeness (QED) is 0.281. The van der Waals surface area contributed by atoms with E-state index >= 15 is 0 Å². The fourth-order valence-electron chi connectivity index (χ4n) is 5.18. The second-order valence-corrected chi connectivity index (χ2v) is 10.1. The molecule has 5 rings (SSSR count). The number of fused-ring (bicyclic) bond motifs is 1. The summed E-state index contributed by atoms with van der Waals surface area (Å²) in [6.07, 6.45) is -1.97. The summed E-state index contributed by atoms with van der Waals surface area (Å²) in [7, 11) is 0. The van der Waals surface area contributed by atoms with Crippen LogP contribution in [0, 0.1) is 0 Å². The summed E-state index contributed by atoms with van der Waals surface area (Å²) in [4.78, 5) is 13.2. The minimum Gasteiger partial charge on any atom is -0.358 e. The van der Waals surface area contributed by atoms with Crippen LogP contribution >= 0.6 is 0 Å². The Balaban J connectivity index is 1.55. The van der Waals surface area contributed by atoms with E-state index in [-0.39, 0.29) is 18.5 Å². The van der Waals surface area contributed by atoms with Crippen LogP contribution in [0.15, 0.2) is 104 Å². The first-order valence-electron chi connectivity index (χ1n) is 13.0. The van der Waals surface area contributed by atoms with E-state index in [0.29, 0.717) is 0 Å². The van der Waals surface area contributed by atoms with Crippen molar-refractivity contribution in [3.63, 3.8) is 0 Å². The molecule has 5 atom stereocenters. The SMILES string of the molecule is C=CC(C)O[C@@H]1O[C@H](COC(c2ccccc2)(c2ccccc2)c2ccccc2)[C@@H]2OC(C)(C)O[C@@H]2C1=O. The number of hydrogen-bond acceptors (Lipinski definition) is 6. The Morgan fingerprint density at radius 3 is 1.87 bits per heavy atom. The van der Waals surface area contributed by atoms with Crippen LogP contribution in [0.1, 0.15) is 37.5 Å². The third-order valence-corrected chi connectivity index (χ3v) is 6.98. The van der Waals surface area contributed by atoms with E-state index in [9.17, 15) is 4.79 Å². The van der Waals surface area contributed by atoms with Gasteiger partial charge in [-0.25, -0.2) is 0 Å². The van der Waals surface area contributed by atoms with Crippen LogP contribution < -0.4 is 0 Å². The summed E-state index contributed by atoms with van der Waals surface area (Å²) < 4.78 is 31.3. The molecular weight excluding hydrogens is 480 g/mol. The summed E-state index contributed by atoms with van der Waals surface area (Å²) in [5, 5.41) is 0. The summed E-state index contributed by atoms with van der Waals surface area (Å²) in [6.45, 7) is 9.27. The predicted octanol–water partition coefficient (Wildman–Crippen LogP) is 5.40. The van der Waals surface area contributed by atoms with Gasteiger partial charge in [0.15, 0.2) is 11.9 Å². The van der Waals surface area contributed by atoms with Gasteiger partial charge < -0.3 is 23.7 Å². The van der Waals surface area contributed by atoms with Crippen LogP contribution in [0.2, 0.25) is 0 Å². The zero-order valence-corrected chi connectivity index (χ0v) is 22.0. The zero-order chi connectivity index (χ0) is 26.8. The number of carbonyl (C=O) groups is 1. The zero-order valence-electron chi connectivity index (χ0n) is 22.0. The van der Waals surface area contributed by atoms with Crippen molar-refractivity contribution in [1.82, 2.24) is 0 Å². The molecule has 6 heteroatoms. The molecular formula is C32H34O6. The topological polar surface area (TPSA) is 63.2 Å². The van der Waals surface area contributed by atoms with Gasteiger partial charge in [0.05, 0.1) is 12.7 Å². The Bertz CT molecular complexity index is 1130. The number of ketones is 1. The van der Waals surface area contributed by atoms with Crippen molar-refractivity contribution < 1.29 is 28.5 Å². The maximum Gasteiger partial charge on any atom is 0.221 e. The highest BCUT2D eigenvalue weighted by Crippen LogP contribution is 2.42. The van der Waals surface area contributed by atoms with Crippen LogP contribution in [0.4, 0.5) is 0 Å². The molecule has 198 valence electrons. The molecule has 3 aromatic carbocycles. The lowest BCUT2D eigenvalue weighted by Gasteiger charge is -2.40. The van der Waals surface area contributed by atoms with E-state index in [4.69, 9.17) is 23.7 Å². The van der Waals surface area contributed by atoms with E-state index in [2.05, 4.69) is 43.0 Å². The van der Waals surface area contributed by atoms with Gasteiger partial charge in [0.25, 0.3) is 0 Å². The Kier molecular flexibility index (Phi) is 7.61. The monoisotopic (exact) mass is 514 g/mol. The van der Waals surface area contributed by atoms with Crippen LogP contribution in [0.3, 0.4) is 0 Å². The van der Waals surface area contributed by atoms with Crippen LogP contribution in [-0.2, 0) is 34.1 Å². The maximum atomic E-state index is 13.2. The molecule has 2 saturated heterocycles. The van der Waals surface area contributed by atoms with E-state index in [1.165, 1.54) is 0 Å². The summed E-state index contributed by atoms with van der Waals surface area (Å²) in [6, 6.07) is 30.3. The van der Waals surface area contributed by atoms with Gasteiger partial charge in [0.1, 0.15) is 17.8 Å². The predicted molar refractivity (Wildman–Crippen MR) is 143 cm³/mol. The van der Waals surface area contributed by atoms with Crippen molar-refractivity contribution in [2.45, 2.75) is 62.9 Å². The largest absolute Gasteiger partial charge is 0.358 e. The first-order chi connectivity index (χ1) is 18.3. The third kappa shape index (κ3) is 5.10. The number of carbonyl (C=O) groups excluding carboxylic acids is 1. The third-order valence-electron chi connectivity index (χ3n) is 6.98. The average molecular weight is 515 g/mol. The smallest absolute Gasteiger partial charge is 0.221 e. The molecule has 2 aliphatic heterocycles. The second-order valence-electron chi connectivity index (χ2n) is 10.1. The fraction of sp³-hybridized carbons (Fsp3) is 0.344. The molecule has 0 spiro atoms. The molecule has 0 aromatic heterocycles. The van der Waals surface area contributed by atoms with Gasteiger partial charge in [-0.05, 0) is 37.5 Å². The number of hydrogen-bond donors (Lipinski definition) is 0.